The Bertz CT molecular complexity index is 1120. The van der Waals surface area contributed by atoms with Crippen LogP contribution in [0.2, 0.25) is 15.2 Å². The molecule has 1 fully saturated rings. The van der Waals surface area contributed by atoms with E-state index in [4.69, 9.17) is 34.8 Å². The van der Waals surface area contributed by atoms with Crippen LogP contribution in [0.4, 0.5) is 5.69 Å². The lowest BCUT2D eigenvalue weighted by atomic mass is 10.1. The molecule has 0 saturated carbocycles. The number of nitrogens with zero attached hydrogens (tertiary/aromatic N) is 2. The summed E-state index contributed by atoms with van der Waals surface area (Å²) in [6.45, 7) is 0. The van der Waals surface area contributed by atoms with Gasteiger partial charge in [0.05, 0.1) is 20.5 Å². The quantitative estimate of drug-likeness (QED) is 0.392. The zero-order valence-corrected chi connectivity index (χ0v) is 16.6. The van der Waals surface area contributed by atoms with Crippen LogP contribution in [0.1, 0.15) is 5.56 Å². The Balaban J connectivity index is 1.64. The maximum atomic E-state index is 12.3. The van der Waals surface area contributed by atoms with Crippen LogP contribution < -0.4 is 5.32 Å². The van der Waals surface area contributed by atoms with E-state index in [2.05, 4.69) is 15.3 Å². The Labute approximate surface area is 174 Å². The van der Waals surface area contributed by atoms with Crippen LogP contribution in [0.25, 0.3) is 17.0 Å². The van der Waals surface area contributed by atoms with Gasteiger partial charge in [0.25, 0.3) is 5.91 Å². The van der Waals surface area contributed by atoms with Gasteiger partial charge in [-0.3, -0.25) is 4.79 Å². The van der Waals surface area contributed by atoms with E-state index in [1.54, 1.807) is 30.3 Å². The van der Waals surface area contributed by atoms with Crippen LogP contribution >= 0.6 is 46.6 Å². The summed E-state index contributed by atoms with van der Waals surface area (Å²) in [6, 6.07) is 14.4. The highest BCUT2D eigenvalue weighted by Crippen LogP contribution is 2.35. The molecule has 1 amide bonds. The molecular weight excluding hydrogens is 425 g/mol. The minimum atomic E-state index is -0.226. The molecule has 1 aliphatic heterocycles. The third kappa shape index (κ3) is 3.96. The summed E-state index contributed by atoms with van der Waals surface area (Å²) in [5.74, 6) is -0.226. The number of fused-ring (bicyclic) bond motifs is 1. The lowest BCUT2D eigenvalue weighted by Gasteiger charge is -2.01. The van der Waals surface area contributed by atoms with E-state index in [0.717, 1.165) is 16.5 Å². The molecule has 1 aromatic heterocycles. The van der Waals surface area contributed by atoms with Crippen LogP contribution in [0.3, 0.4) is 0 Å². The lowest BCUT2D eigenvalue weighted by Crippen LogP contribution is -2.19. The molecule has 4 nitrogen and oxygen atoms in total. The summed E-state index contributed by atoms with van der Waals surface area (Å²) in [7, 11) is 0. The van der Waals surface area contributed by atoms with Gasteiger partial charge in [-0.15, -0.1) is 0 Å². The number of pyridine rings is 1. The van der Waals surface area contributed by atoms with Gasteiger partial charge in [0.2, 0.25) is 0 Å². The SMILES string of the molecule is O=C1NC(=Nc2c(Cl)cccc2Cl)S/C1=C/c1ccc2nc(Cl)ccc2c1. The highest BCUT2D eigenvalue weighted by molar-refractivity contribution is 8.18. The van der Waals surface area contributed by atoms with Crippen molar-refractivity contribution in [3.05, 3.63) is 74.2 Å². The molecule has 1 saturated heterocycles. The number of thioether (sulfide) groups is 1. The number of nitrogens with one attached hydrogen (secondary N) is 1. The molecule has 1 N–H and O–H groups in total. The zero-order chi connectivity index (χ0) is 19.0. The second-order valence-corrected chi connectivity index (χ2v) is 7.87. The van der Waals surface area contributed by atoms with E-state index >= 15 is 0 Å². The first-order chi connectivity index (χ1) is 13.0. The van der Waals surface area contributed by atoms with Crippen LogP contribution in [-0.2, 0) is 4.79 Å². The predicted molar refractivity (Wildman–Crippen MR) is 114 cm³/mol. The van der Waals surface area contributed by atoms with Gasteiger partial charge in [-0.25, -0.2) is 9.98 Å². The van der Waals surface area contributed by atoms with Crippen molar-refractivity contribution in [2.24, 2.45) is 4.99 Å². The van der Waals surface area contributed by atoms with Gasteiger partial charge in [-0.05, 0) is 59.8 Å². The Morgan fingerprint density at radius 1 is 1.04 bits per heavy atom. The number of hydrogen-bond donors (Lipinski definition) is 1. The number of amides is 1. The van der Waals surface area contributed by atoms with Gasteiger partial charge in [-0.2, -0.15) is 0 Å². The van der Waals surface area contributed by atoms with Gasteiger partial charge in [0, 0.05) is 5.39 Å². The first-order valence-corrected chi connectivity index (χ1v) is 9.74. The minimum Gasteiger partial charge on any atom is -0.300 e. The molecule has 134 valence electrons. The molecule has 0 unspecified atom stereocenters. The normalized spacial score (nSPS) is 17.1. The maximum absolute atomic E-state index is 12.3. The van der Waals surface area contributed by atoms with Crippen LogP contribution in [0.5, 0.6) is 0 Å². The first kappa shape index (κ1) is 18.3. The summed E-state index contributed by atoms with van der Waals surface area (Å²) in [5, 5.41) is 5.38. The molecule has 1 aliphatic rings. The molecule has 0 atom stereocenters. The highest BCUT2D eigenvalue weighted by Gasteiger charge is 2.24. The predicted octanol–water partition coefficient (Wildman–Crippen LogP) is 6.09. The van der Waals surface area contributed by atoms with Gasteiger partial charge in [0.15, 0.2) is 5.17 Å². The number of rotatable bonds is 2. The summed E-state index contributed by atoms with van der Waals surface area (Å²) >= 11 is 19.4. The maximum Gasteiger partial charge on any atom is 0.264 e. The van der Waals surface area contributed by atoms with Crippen molar-refractivity contribution in [2.45, 2.75) is 0 Å². The van der Waals surface area contributed by atoms with Crippen molar-refractivity contribution in [3.8, 4) is 0 Å². The van der Waals surface area contributed by atoms with Crippen LogP contribution in [-0.4, -0.2) is 16.1 Å². The summed E-state index contributed by atoms with van der Waals surface area (Å²) < 4.78 is 0. The molecule has 2 aromatic carbocycles. The average Bonchev–Trinajstić information content (AvgIpc) is 2.98. The number of halogens is 3. The van der Waals surface area contributed by atoms with Gasteiger partial charge < -0.3 is 5.32 Å². The fraction of sp³-hybridized carbons (Fsp3) is 0. The standard InChI is InChI=1S/C19H10Cl3N3OS/c20-12-2-1-3-13(21)17(12)24-19-25-18(26)15(27-19)9-10-4-6-14-11(8-10)5-7-16(22)23-14/h1-9H,(H,24,25,26)/b15-9+. The van der Waals surface area contributed by atoms with E-state index in [1.165, 1.54) is 11.8 Å². The number of carbonyl (C=O) groups is 1. The Morgan fingerprint density at radius 3 is 2.59 bits per heavy atom. The summed E-state index contributed by atoms with van der Waals surface area (Å²) in [4.78, 5) is 21.4. The number of aliphatic imine (C=N–C) groups is 1. The largest absolute Gasteiger partial charge is 0.300 e. The Morgan fingerprint density at radius 2 is 1.81 bits per heavy atom. The number of para-hydroxylation sites is 1. The summed E-state index contributed by atoms with van der Waals surface area (Å²) in [6.07, 6.45) is 1.80. The van der Waals surface area contributed by atoms with E-state index in [9.17, 15) is 4.79 Å². The van der Waals surface area contributed by atoms with Crippen LogP contribution in [0, 0.1) is 0 Å². The molecule has 2 heterocycles. The van der Waals surface area contributed by atoms with Crippen molar-refractivity contribution >= 4 is 80.3 Å². The van der Waals surface area contributed by atoms with E-state index in [1.807, 2.05) is 24.3 Å². The molecule has 0 bridgehead atoms. The molecule has 0 spiro atoms. The monoisotopic (exact) mass is 433 g/mol. The number of carbonyl (C=O) groups excluding carboxylic acids is 1. The third-order valence-electron chi connectivity index (χ3n) is 3.78. The van der Waals surface area contributed by atoms with Gasteiger partial charge >= 0.3 is 0 Å². The zero-order valence-electron chi connectivity index (χ0n) is 13.5. The topological polar surface area (TPSA) is 54.4 Å². The highest BCUT2D eigenvalue weighted by atomic mass is 35.5. The van der Waals surface area contributed by atoms with Crippen molar-refractivity contribution in [1.82, 2.24) is 10.3 Å². The smallest absolute Gasteiger partial charge is 0.264 e. The molecule has 0 aliphatic carbocycles. The molecule has 8 heteroatoms. The van der Waals surface area contributed by atoms with E-state index < -0.39 is 0 Å². The molecule has 3 aromatic rings. The van der Waals surface area contributed by atoms with E-state index in [-0.39, 0.29) is 5.91 Å². The lowest BCUT2D eigenvalue weighted by molar-refractivity contribution is -0.115. The summed E-state index contributed by atoms with van der Waals surface area (Å²) in [5.41, 5.74) is 2.10. The second kappa shape index (κ2) is 7.52. The number of aromatic nitrogens is 1. The second-order valence-electron chi connectivity index (χ2n) is 5.64. The minimum absolute atomic E-state index is 0.226. The van der Waals surface area contributed by atoms with Crippen molar-refractivity contribution in [3.63, 3.8) is 0 Å². The Kier molecular flexibility index (Phi) is 5.10. The van der Waals surface area contributed by atoms with Crippen LogP contribution in [0.15, 0.2) is 58.4 Å². The number of hydrogen-bond acceptors (Lipinski definition) is 4. The van der Waals surface area contributed by atoms with Crippen molar-refractivity contribution in [2.75, 3.05) is 0 Å². The molecule has 27 heavy (non-hydrogen) atoms. The molecule has 0 radical (unpaired) electrons. The van der Waals surface area contributed by atoms with Crippen molar-refractivity contribution < 1.29 is 4.79 Å². The fourth-order valence-electron chi connectivity index (χ4n) is 2.54. The van der Waals surface area contributed by atoms with Gasteiger partial charge in [-0.1, -0.05) is 46.9 Å². The van der Waals surface area contributed by atoms with E-state index in [0.29, 0.717) is 31.0 Å². The fourth-order valence-corrected chi connectivity index (χ4v) is 4.00. The third-order valence-corrected chi connectivity index (χ3v) is 5.51. The molecular formula is C19H10Cl3N3OS. The number of benzene rings is 2. The van der Waals surface area contributed by atoms with Crippen molar-refractivity contribution in [1.29, 1.82) is 0 Å². The first-order valence-electron chi connectivity index (χ1n) is 7.79. The number of amidine groups is 1. The Hall–Kier alpha value is -2.05. The average molecular weight is 435 g/mol. The van der Waals surface area contributed by atoms with Gasteiger partial charge in [0.1, 0.15) is 10.8 Å². The molecule has 4 rings (SSSR count).